The average Bonchev–Trinajstić information content (AvgIpc) is 2.75. The van der Waals surface area contributed by atoms with E-state index in [4.69, 9.17) is 5.73 Å². The summed E-state index contributed by atoms with van der Waals surface area (Å²) in [5.74, 6) is -0.166. The molecule has 0 amide bonds. The lowest BCUT2D eigenvalue weighted by Crippen LogP contribution is -2.20. The average molecular weight is 165 g/mol. The Morgan fingerprint density at radius 3 is 2.67 bits per heavy atom. The Labute approximate surface area is 71.4 Å². The molecule has 0 aliphatic heterocycles. The highest BCUT2D eigenvalue weighted by Gasteiger charge is 2.41. The third kappa shape index (κ3) is 1.12. The van der Waals surface area contributed by atoms with E-state index in [9.17, 15) is 4.39 Å². The zero-order valence-corrected chi connectivity index (χ0v) is 7.10. The van der Waals surface area contributed by atoms with Crippen molar-refractivity contribution >= 4 is 0 Å². The van der Waals surface area contributed by atoms with Gasteiger partial charge in [0.05, 0.1) is 0 Å². The molecule has 1 aliphatic rings. The van der Waals surface area contributed by atoms with Crippen LogP contribution in [0.15, 0.2) is 18.2 Å². The van der Waals surface area contributed by atoms with Crippen LogP contribution in [0.3, 0.4) is 0 Å². The zero-order chi connectivity index (χ0) is 8.77. The van der Waals surface area contributed by atoms with E-state index in [0.717, 1.165) is 18.4 Å². The van der Waals surface area contributed by atoms with Crippen LogP contribution < -0.4 is 5.73 Å². The summed E-state index contributed by atoms with van der Waals surface area (Å²) >= 11 is 0. The molecule has 2 heteroatoms. The number of nitrogens with two attached hydrogens (primary N) is 1. The Hall–Kier alpha value is -0.890. The van der Waals surface area contributed by atoms with Crippen molar-refractivity contribution in [3.8, 4) is 0 Å². The fraction of sp³-hybridized carbons (Fsp3) is 0.400. The largest absolute Gasteiger partial charge is 0.321 e. The summed E-state index contributed by atoms with van der Waals surface area (Å²) in [6, 6.07) is 5.12. The normalized spacial score (nSPS) is 19.2. The van der Waals surface area contributed by atoms with Crippen LogP contribution in [0.4, 0.5) is 4.39 Å². The molecule has 1 aromatic carbocycles. The van der Waals surface area contributed by atoms with E-state index in [0.29, 0.717) is 5.56 Å². The van der Waals surface area contributed by atoms with Gasteiger partial charge in [0.25, 0.3) is 0 Å². The maximum atomic E-state index is 13.2. The number of hydrogen-bond acceptors (Lipinski definition) is 1. The first-order chi connectivity index (χ1) is 5.62. The van der Waals surface area contributed by atoms with Crippen molar-refractivity contribution in [2.45, 2.75) is 25.3 Å². The molecule has 1 fully saturated rings. The van der Waals surface area contributed by atoms with Crippen LogP contribution in [-0.2, 0) is 5.54 Å². The number of aryl methyl sites for hydroxylation is 1. The van der Waals surface area contributed by atoms with E-state index >= 15 is 0 Å². The Morgan fingerprint density at radius 1 is 1.42 bits per heavy atom. The summed E-state index contributed by atoms with van der Waals surface area (Å²) < 4.78 is 13.2. The minimum atomic E-state index is -0.351. The molecule has 12 heavy (non-hydrogen) atoms. The van der Waals surface area contributed by atoms with Gasteiger partial charge < -0.3 is 5.73 Å². The fourth-order valence-electron chi connectivity index (χ4n) is 1.42. The molecule has 0 bridgehead atoms. The Balaban J connectivity index is 2.48. The van der Waals surface area contributed by atoms with Gasteiger partial charge in [-0.1, -0.05) is 17.7 Å². The van der Waals surface area contributed by atoms with Gasteiger partial charge in [-0.05, 0) is 25.8 Å². The predicted octanol–water partition coefficient (Wildman–Crippen LogP) is 2.08. The second-order valence-corrected chi connectivity index (χ2v) is 3.64. The molecule has 1 aromatic rings. The van der Waals surface area contributed by atoms with Gasteiger partial charge in [-0.2, -0.15) is 0 Å². The topological polar surface area (TPSA) is 26.0 Å². The molecule has 2 rings (SSSR count). The summed E-state index contributed by atoms with van der Waals surface area (Å²) in [6.07, 6.45) is 1.82. The zero-order valence-electron chi connectivity index (χ0n) is 7.10. The fourth-order valence-corrected chi connectivity index (χ4v) is 1.42. The Morgan fingerprint density at radius 2 is 2.08 bits per heavy atom. The second kappa shape index (κ2) is 2.30. The van der Waals surface area contributed by atoms with E-state index in [1.165, 1.54) is 6.07 Å². The minimum absolute atomic E-state index is 0.166. The summed E-state index contributed by atoms with van der Waals surface area (Å²) in [5.41, 5.74) is 7.30. The lowest BCUT2D eigenvalue weighted by molar-refractivity contribution is 0.577. The number of halogens is 1. The Kier molecular flexibility index (Phi) is 1.48. The van der Waals surface area contributed by atoms with E-state index < -0.39 is 0 Å². The van der Waals surface area contributed by atoms with Gasteiger partial charge in [-0.15, -0.1) is 0 Å². The van der Waals surface area contributed by atoms with Gasteiger partial charge in [0.1, 0.15) is 5.82 Å². The van der Waals surface area contributed by atoms with Gasteiger partial charge in [0.2, 0.25) is 0 Å². The highest BCUT2D eigenvalue weighted by molar-refractivity contribution is 5.33. The van der Waals surface area contributed by atoms with Gasteiger partial charge in [0, 0.05) is 11.1 Å². The smallest absolute Gasteiger partial charge is 0.128 e. The second-order valence-electron chi connectivity index (χ2n) is 3.64. The van der Waals surface area contributed by atoms with Crippen LogP contribution in [0.2, 0.25) is 0 Å². The van der Waals surface area contributed by atoms with Crippen LogP contribution in [0.25, 0.3) is 0 Å². The molecule has 0 saturated heterocycles. The molecule has 1 nitrogen and oxygen atoms in total. The van der Waals surface area contributed by atoms with Crippen LogP contribution in [0.5, 0.6) is 0 Å². The minimum Gasteiger partial charge on any atom is -0.321 e. The van der Waals surface area contributed by atoms with Crippen LogP contribution in [0.1, 0.15) is 24.0 Å². The van der Waals surface area contributed by atoms with Gasteiger partial charge >= 0.3 is 0 Å². The molecule has 0 spiro atoms. The molecule has 1 saturated carbocycles. The molecule has 1 aliphatic carbocycles. The summed E-state index contributed by atoms with van der Waals surface area (Å²) in [7, 11) is 0. The first-order valence-corrected chi connectivity index (χ1v) is 4.17. The molecular weight excluding hydrogens is 153 g/mol. The van der Waals surface area contributed by atoms with Crippen molar-refractivity contribution < 1.29 is 4.39 Å². The maximum Gasteiger partial charge on any atom is 0.128 e. The molecule has 0 atom stereocenters. The summed E-state index contributed by atoms with van der Waals surface area (Å²) in [6.45, 7) is 1.95. The first-order valence-electron chi connectivity index (χ1n) is 4.17. The van der Waals surface area contributed by atoms with Crippen molar-refractivity contribution in [1.29, 1.82) is 0 Å². The highest BCUT2D eigenvalue weighted by Crippen LogP contribution is 2.43. The van der Waals surface area contributed by atoms with Gasteiger partial charge in [-0.25, -0.2) is 4.39 Å². The summed E-state index contributed by atoms with van der Waals surface area (Å²) in [5, 5.41) is 0. The highest BCUT2D eigenvalue weighted by atomic mass is 19.1. The monoisotopic (exact) mass is 165 g/mol. The van der Waals surface area contributed by atoms with Gasteiger partial charge in [0.15, 0.2) is 0 Å². The van der Waals surface area contributed by atoms with Crippen molar-refractivity contribution in [3.63, 3.8) is 0 Å². The van der Waals surface area contributed by atoms with E-state index in [2.05, 4.69) is 0 Å². The van der Waals surface area contributed by atoms with Crippen molar-refractivity contribution in [1.82, 2.24) is 0 Å². The van der Waals surface area contributed by atoms with E-state index in [1.807, 2.05) is 13.0 Å². The molecule has 0 unspecified atom stereocenters. The van der Waals surface area contributed by atoms with Crippen molar-refractivity contribution in [2.24, 2.45) is 5.73 Å². The molecule has 0 aromatic heterocycles. The van der Waals surface area contributed by atoms with Crippen molar-refractivity contribution in [2.75, 3.05) is 0 Å². The van der Waals surface area contributed by atoms with Crippen LogP contribution >= 0.6 is 0 Å². The quantitative estimate of drug-likeness (QED) is 0.677. The molecular formula is C10H12FN. The Bertz CT molecular complexity index is 316. The van der Waals surface area contributed by atoms with Gasteiger partial charge in [-0.3, -0.25) is 0 Å². The molecule has 64 valence electrons. The lowest BCUT2D eigenvalue weighted by Gasteiger charge is -2.10. The predicted molar refractivity (Wildman–Crippen MR) is 46.2 cm³/mol. The third-order valence-electron chi connectivity index (χ3n) is 2.45. The lowest BCUT2D eigenvalue weighted by atomic mass is 10.0. The first kappa shape index (κ1) is 7.74. The molecule has 0 heterocycles. The molecule has 2 N–H and O–H groups in total. The van der Waals surface area contributed by atoms with E-state index in [1.54, 1.807) is 6.07 Å². The maximum absolute atomic E-state index is 13.2. The number of benzene rings is 1. The number of rotatable bonds is 1. The third-order valence-corrected chi connectivity index (χ3v) is 2.45. The van der Waals surface area contributed by atoms with Crippen molar-refractivity contribution in [3.05, 3.63) is 35.1 Å². The standard InChI is InChI=1S/C10H12FN/c1-7-2-3-9(11)8(6-7)10(12)4-5-10/h2-3,6H,4-5,12H2,1H3. The van der Waals surface area contributed by atoms with Crippen LogP contribution in [0, 0.1) is 12.7 Å². The molecule has 0 radical (unpaired) electrons. The van der Waals surface area contributed by atoms with Crippen LogP contribution in [-0.4, -0.2) is 0 Å². The number of hydrogen-bond donors (Lipinski definition) is 1. The van der Waals surface area contributed by atoms with E-state index in [-0.39, 0.29) is 11.4 Å². The summed E-state index contributed by atoms with van der Waals surface area (Å²) in [4.78, 5) is 0. The SMILES string of the molecule is Cc1ccc(F)c(C2(N)CC2)c1.